The molecule has 86 valence electrons. The number of aromatic nitrogens is 2. The largest absolute Gasteiger partial charge is 0.481 e. The van der Waals surface area contributed by atoms with Gasteiger partial charge in [-0.15, -0.1) is 5.10 Å². The maximum absolute atomic E-state index is 10.0. The zero-order valence-electron chi connectivity index (χ0n) is 9.44. The summed E-state index contributed by atoms with van der Waals surface area (Å²) in [7, 11) is 0. The minimum atomic E-state index is -0.725. The van der Waals surface area contributed by atoms with Crippen LogP contribution in [0.1, 0.15) is 33.1 Å². The molecule has 0 aliphatic rings. The zero-order valence-corrected chi connectivity index (χ0v) is 9.44. The van der Waals surface area contributed by atoms with Crippen LogP contribution in [0.15, 0.2) is 4.42 Å². The molecule has 0 saturated heterocycles. The summed E-state index contributed by atoms with van der Waals surface area (Å²) in [6.07, 6.45) is 0.243. The predicted octanol–water partition coefficient (Wildman–Crippen LogP) is 1.47. The van der Waals surface area contributed by atoms with Gasteiger partial charge in [0.15, 0.2) is 0 Å². The van der Waals surface area contributed by atoms with Crippen LogP contribution in [0.5, 0.6) is 0 Å². The molecule has 0 saturated carbocycles. The van der Waals surface area contributed by atoms with Crippen molar-refractivity contribution in [3.05, 3.63) is 5.89 Å². The van der Waals surface area contributed by atoms with Gasteiger partial charge in [-0.25, -0.2) is 0 Å². The van der Waals surface area contributed by atoms with Crippen LogP contribution in [0, 0.1) is 12.3 Å². The number of hydrogen-bond acceptors (Lipinski definition) is 5. The number of nitrogens with zero attached hydrogens (tertiary/aromatic N) is 2. The van der Waals surface area contributed by atoms with Gasteiger partial charge in [0.25, 0.3) is 0 Å². The normalized spacial score (nSPS) is 10.4. The summed E-state index contributed by atoms with van der Waals surface area (Å²) in [6, 6.07) is 0.123. The SMILES string of the molecule is CC(C)(C)CC(=O)O.Cc1nnc(N)o1. The average Bonchev–Trinajstić information content (AvgIpc) is 2.29. The van der Waals surface area contributed by atoms with E-state index in [4.69, 9.17) is 10.8 Å². The Bertz CT molecular complexity index is 298. The maximum atomic E-state index is 10.0. The van der Waals surface area contributed by atoms with Crippen LogP contribution in [-0.4, -0.2) is 21.3 Å². The van der Waals surface area contributed by atoms with Crippen molar-refractivity contribution < 1.29 is 14.3 Å². The number of carboxylic acids is 1. The molecule has 3 N–H and O–H groups in total. The van der Waals surface area contributed by atoms with Crippen LogP contribution >= 0.6 is 0 Å². The number of carboxylic acid groups (broad SMARTS) is 1. The summed E-state index contributed by atoms with van der Waals surface area (Å²) in [6.45, 7) is 7.40. The number of rotatable bonds is 1. The standard InChI is InChI=1S/C6H12O2.C3H5N3O/c1-6(2,3)4-5(7)8;1-2-5-6-3(4)7-2/h4H2,1-3H3,(H,7,8);1H3,(H2,4,6). The Kier molecular flexibility index (Phi) is 4.77. The summed E-state index contributed by atoms with van der Waals surface area (Å²) >= 11 is 0. The van der Waals surface area contributed by atoms with E-state index < -0.39 is 5.97 Å². The minimum Gasteiger partial charge on any atom is -0.481 e. The van der Waals surface area contributed by atoms with Crippen molar-refractivity contribution in [1.82, 2.24) is 10.2 Å². The summed E-state index contributed by atoms with van der Waals surface area (Å²) in [5, 5.41) is 15.1. The van der Waals surface area contributed by atoms with Gasteiger partial charge in [0.1, 0.15) is 0 Å². The fourth-order valence-corrected chi connectivity index (χ4v) is 0.766. The lowest BCUT2D eigenvalue weighted by atomic mass is 9.93. The van der Waals surface area contributed by atoms with Crippen LogP contribution in [0.2, 0.25) is 0 Å². The second kappa shape index (κ2) is 5.33. The van der Waals surface area contributed by atoms with Gasteiger partial charge in [0, 0.05) is 6.92 Å². The Morgan fingerprint density at radius 1 is 1.47 bits per heavy atom. The van der Waals surface area contributed by atoms with E-state index in [2.05, 4.69) is 14.6 Å². The topological polar surface area (TPSA) is 102 Å². The lowest BCUT2D eigenvalue weighted by molar-refractivity contribution is -0.139. The molecule has 0 aliphatic carbocycles. The predicted molar refractivity (Wildman–Crippen MR) is 55.2 cm³/mol. The molecule has 0 bridgehead atoms. The molecule has 1 aromatic rings. The van der Waals surface area contributed by atoms with Crippen molar-refractivity contribution in [2.75, 3.05) is 5.73 Å². The molecule has 0 aromatic carbocycles. The lowest BCUT2D eigenvalue weighted by Gasteiger charge is -2.13. The molecule has 0 fully saturated rings. The fourth-order valence-electron chi connectivity index (χ4n) is 0.766. The van der Waals surface area contributed by atoms with Gasteiger partial charge in [-0.1, -0.05) is 25.9 Å². The molecule has 0 atom stereocenters. The molecule has 1 rings (SSSR count). The first kappa shape index (κ1) is 13.4. The molecular weight excluding hydrogens is 198 g/mol. The Morgan fingerprint density at radius 3 is 2.07 bits per heavy atom. The van der Waals surface area contributed by atoms with Crippen molar-refractivity contribution in [2.45, 2.75) is 34.1 Å². The second-order valence-corrected chi connectivity index (χ2v) is 4.29. The van der Waals surface area contributed by atoms with E-state index in [9.17, 15) is 4.79 Å². The maximum Gasteiger partial charge on any atom is 0.312 e. The van der Waals surface area contributed by atoms with Crippen LogP contribution in [-0.2, 0) is 4.79 Å². The number of aliphatic carboxylic acids is 1. The van der Waals surface area contributed by atoms with E-state index in [-0.39, 0.29) is 17.9 Å². The summed E-state index contributed by atoms with van der Waals surface area (Å²) < 4.78 is 4.64. The Hall–Kier alpha value is -1.59. The first-order valence-corrected chi connectivity index (χ1v) is 4.48. The molecule has 6 heteroatoms. The van der Waals surface area contributed by atoms with Gasteiger partial charge >= 0.3 is 12.0 Å². The molecule has 0 amide bonds. The first-order chi connectivity index (χ1) is 6.70. The van der Waals surface area contributed by atoms with Gasteiger partial charge < -0.3 is 15.3 Å². The van der Waals surface area contributed by atoms with E-state index in [1.54, 1.807) is 6.92 Å². The van der Waals surface area contributed by atoms with Crippen LogP contribution in [0.3, 0.4) is 0 Å². The van der Waals surface area contributed by atoms with Crippen molar-refractivity contribution in [1.29, 1.82) is 0 Å². The van der Waals surface area contributed by atoms with E-state index in [0.29, 0.717) is 5.89 Å². The van der Waals surface area contributed by atoms with E-state index >= 15 is 0 Å². The second-order valence-electron chi connectivity index (χ2n) is 4.29. The summed E-state index contributed by atoms with van der Waals surface area (Å²) in [5.41, 5.74) is 4.96. The highest BCUT2D eigenvalue weighted by Crippen LogP contribution is 2.17. The highest BCUT2D eigenvalue weighted by atomic mass is 16.4. The molecule has 0 radical (unpaired) electrons. The van der Waals surface area contributed by atoms with E-state index in [1.165, 1.54) is 0 Å². The van der Waals surface area contributed by atoms with Crippen molar-refractivity contribution in [3.63, 3.8) is 0 Å². The monoisotopic (exact) mass is 215 g/mol. The van der Waals surface area contributed by atoms with Gasteiger partial charge in [-0.3, -0.25) is 4.79 Å². The van der Waals surface area contributed by atoms with Crippen molar-refractivity contribution in [3.8, 4) is 0 Å². The molecule has 1 heterocycles. The number of nitrogen functional groups attached to an aromatic ring is 1. The van der Waals surface area contributed by atoms with Crippen molar-refractivity contribution in [2.24, 2.45) is 5.41 Å². The van der Waals surface area contributed by atoms with Crippen LogP contribution in [0.25, 0.3) is 0 Å². The van der Waals surface area contributed by atoms with Crippen LogP contribution in [0.4, 0.5) is 6.01 Å². The van der Waals surface area contributed by atoms with Gasteiger partial charge in [0.05, 0.1) is 6.42 Å². The highest BCUT2D eigenvalue weighted by molar-refractivity contribution is 5.67. The van der Waals surface area contributed by atoms with E-state index in [1.807, 2.05) is 20.8 Å². The number of aryl methyl sites for hydroxylation is 1. The molecule has 15 heavy (non-hydrogen) atoms. The molecule has 0 aliphatic heterocycles. The quantitative estimate of drug-likeness (QED) is 0.735. The van der Waals surface area contributed by atoms with Crippen LogP contribution < -0.4 is 5.73 Å². The Labute approximate surface area is 88.5 Å². The third-order valence-corrected chi connectivity index (χ3v) is 1.22. The van der Waals surface area contributed by atoms with Gasteiger partial charge in [-0.2, -0.15) is 0 Å². The minimum absolute atomic E-state index is 0.0775. The third kappa shape index (κ3) is 8.73. The molecular formula is C9H17N3O3. The Morgan fingerprint density at radius 2 is 2.00 bits per heavy atom. The summed E-state index contributed by atoms with van der Waals surface area (Å²) in [4.78, 5) is 10.0. The van der Waals surface area contributed by atoms with E-state index in [0.717, 1.165) is 0 Å². The molecule has 0 unspecified atom stereocenters. The lowest BCUT2D eigenvalue weighted by Crippen LogP contribution is -2.11. The smallest absolute Gasteiger partial charge is 0.312 e. The number of nitrogens with two attached hydrogens (primary N) is 1. The highest BCUT2D eigenvalue weighted by Gasteiger charge is 2.13. The number of carbonyl (C=O) groups is 1. The molecule has 6 nitrogen and oxygen atoms in total. The van der Waals surface area contributed by atoms with Gasteiger partial charge in [-0.05, 0) is 5.41 Å². The number of anilines is 1. The van der Waals surface area contributed by atoms with Gasteiger partial charge in [0.2, 0.25) is 5.89 Å². The fraction of sp³-hybridized carbons (Fsp3) is 0.667. The summed E-state index contributed by atoms with van der Waals surface area (Å²) in [5.74, 6) is -0.227. The average molecular weight is 215 g/mol. The zero-order chi connectivity index (χ0) is 12.1. The molecule has 1 aromatic heterocycles. The van der Waals surface area contributed by atoms with Crippen molar-refractivity contribution >= 4 is 12.0 Å². The molecule has 0 spiro atoms. The first-order valence-electron chi connectivity index (χ1n) is 4.48. The third-order valence-electron chi connectivity index (χ3n) is 1.22. The number of hydrogen-bond donors (Lipinski definition) is 2. The Balaban J connectivity index is 0.000000262.